The maximum Gasteiger partial charge on any atom is 0.422 e. The fourth-order valence-corrected chi connectivity index (χ4v) is 3.08. The zero-order valence-corrected chi connectivity index (χ0v) is 15.9. The third kappa shape index (κ3) is 6.13. The largest absolute Gasteiger partial charge is 0.467 e. The lowest BCUT2D eigenvalue weighted by atomic mass is 10.0. The third-order valence-corrected chi connectivity index (χ3v) is 4.41. The van der Waals surface area contributed by atoms with Gasteiger partial charge >= 0.3 is 18.4 Å². The molecule has 0 amide bonds. The van der Waals surface area contributed by atoms with Crippen LogP contribution in [-0.2, 0) is 12.8 Å². The minimum atomic E-state index is -4.74. The van der Waals surface area contributed by atoms with Crippen LogP contribution in [0.15, 0.2) is 24.3 Å². The van der Waals surface area contributed by atoms with Gasteiger partial charge in [-0.15, -0.1) is 0 Å². The second kappa shape index (κ2) is 8.87. The standard InChI is InChI=1S/C19H16F6N4O2/c20-18(21,22)10-30-16-14(9-26)15(27-17(28-16)31-11-19(23,24)25)29-7-5-12-3-1-2-4-13(12)6-8-29/h1-4H,5-8,10-11H2. The van der Waals surface area contributed by atoms with Crippen molar-refractivity contribution in [3.8, 4) is 18.0 Å². The number of halogens is 6. The molecule has 0 saturated carbocycles. The molecule has 0 N–H and O–H groups in total. The van der Waals surface area contributed by atoms with Crippen LogP contribution >= 0.6 is 0 Å². The fraction of sp³-hybridized carbons (Fsp3) is 0.421. The van der Waals surface area contributed by atoms with Gasteiger partial charge in [0, 0.05) is 13.1 Å². The van der Waals surface area contributed by atoms with Crippen LogP contribution in [0.1, 0.15) is 16.7 Å². The first-order valence-corrected chi connectivity index (χ1v) is 9.09. The molecule has 31 heavy (non-hydrogen) atoms. The molecule has 12 heteroatoms. The number of hydrogen-bond donors (Lipinski definition) is 0. The topological polar surface area (TPSA) is 71.3 Å². The first kappa shape index (κ1) is 22.5. The van der Waals surface area contributed by atoms with Crippen molar-refractivity contribution in [2.45, 2.75) is 25.2 Å². The molecule has 0 bridgehead atoms. The Morgan fingerprint density at radius 1 is 0.903 bits per heavy atom. The molecule has 0 atom stereocenters. The van der Waals surface area contributed by atoms with E-state index in [-0.39, 0.29) is 5.82 Å². The van der Waals surface area contributed by atoms with Crippen molar-refractivity contribution in [3.63, 3.8) is 0 Å². The lowest BCUT2D eigenvalue weighted by Crippen LogP contribution is -2.29. The number of nitriles is 1. The summed E-state index contributed by atoms with van der Waals surface area (Å²) in [5.74, 6) is -0.927. The Morgan fingerprint density at radius 2 is 1.45 bits per heavy atom. The quantitative estimate of drug-likeness (QED) is 0.651. The van der Waals surface area contributed by atoms with Crippen LogP contribution in [0.25, 0.3) is 0 Å². The van der Waals surface area contributed by atoms with Gasteiger partial charge in [-0.25, -0.2) is 0 Å². The van der Waals surface area contributed by atoms with Crippen LogP contribution < -0.4 is 14.4 Å². The fourth-order valence-electron chi connectivity index (χ4n) is 3.08. The van der Waals surface area contributed by atoms with Gasteiger partial charge in [0.1, 0.15) is 6.07 Å². The minimum Gasteiger partial charge on any atom is -0.467 e. The van der Waals surface area contributed by atoms with Gasteiger partial charge in [-0.2, -0.15) is 41.6 Å². The Morgan fingerprint density at radius 3 is 1.97 bits per heavy atom. The van der Waals surface area contributed by atoms with Gasteiger partial charge in [0.25, 0.3) is 0 Å². The van der Waals surface area contributed by atoms with Gasteiger partial charge < -0.3 is 14.4 Å². The summed E-state index contributed by atoms with van der Waals surface area (Å²) in [5, 5.41) is 9.51. The van der Waals surface area contributed by atoms with E-state index < -0.39 is 43.0 Å². The molecule has 166 valence electrons. The number of benzene rings is 1. The summed E-state index contributed by atoms with van der Waals surface area (Å²) in [6, 6.07) is 8.47. The number of fused-ring (bicyclic) bond motifs is 1. The van der Waals surface area contributed by atoms with Gasteiger partial charge in [0.2, 0.25) is 5.88 Å². The summed E-state index contributed by atoms with van der Waals surface area (Å²) < 4.78 is 84.5. The molecular formula is C19H16F6N4O2. The molecule has 0 spiro atoms. The summed E-state index contributed by atoms with van der Waals surface area (Å²) in [7, 11) is 0. The maximum atomic E-state index is 12.6. The average molecular weight is 446 g/mol. The number of ether oxygens (including phenoxy) is 2. The first-order chi connectivity index (χ1) is 14.6. The van der Waals surface area contributed by atoms with Crippen LogP contribution in [0.4, 0.5) is 32.2 Å². The lowest BCUT2D eigenvalue weighted by Gasteiger charge is -2.24. The summed E-state index contributed by atoms with van der Waals surface area (Å²) >= 11 is 0. The van der Waals surface area contributed by atoms with Crippen molar-refractivity contribution in [2.75, 3.05) is 31.2 Å². The molecular weight excluding hydrogens is 430 g/mol. The molecule has 0 radical (unpaired) electrons. The third-order valence-electron chi connectivity index (χ3n) is 4.41. The molecule has 0 fully saturated rings. The second-order valence-electron chi connectivity index (χ2n) is 6.69. The van der Waals surface area contributed by atoms with E-state index in [1.54, 1.807) is 11.0 Å². The van der Waals surface area contributed by atoms with Gasteiger partial charge in [-0.3, -0.25) is 0 Å². The maximum absolute atomic E-state index is 12.6. The van der Waals surface area contributed by atoms with E-state index in [9.17, 15) is 31.6 Å². The van der Waals surface area contributed by atoms with Gasteiger partial charge in [0.05, 0.1) is 0 Å². The SMILES string of the molecule is N#Cc1c(OCC(F)(F)F)nc(OCC(F)(F)F)nc1N1CCc2ccccc2CC1. The van der Waals surface area contributed by atoms with Crippen molar-refractivity contribution < 1.29 is 35.8 Å². The Labute approximate surface area is 173 Å². The molecule has 3 rings (SSSR count). The van der Waals surface area contributed by atoms with Crippen molar-refractivity contribution in [3.05, 3.63) is 41.0 Å². The molecule has 0 aliphatic carbocycles. The van der Waals surface area contributed by atoms with E-state index >= 15 is 0 Å². The van der Waals surface area contributed by atoms with E-state index in [1.807, 2.05) is 24.3 Å². The number of rotatable bonds is 5. The molecule has 0 saturated heterocycles. The smallest absolute Gasteiger partial charge is 0.422 e. The second-order valence-corrected chi connectivity index (χ2v) is 6.69. The molecule has 2 heterocycles. The van der Waals surface area contributed by atoms with Gasteiger partial charge in [0.15, 0.2) is 24.6 Å². The number of aromatic nitrogens is 2. The van der Waals surface area contributed by atoms with Crippen molar-refractivity contribution in [1.82, 2.24) is 9.97 Å². The van der Waals surface area contributed by atoms with Crippen LogP contribution in [-0.4, -0.2) is 48.6 Å². The van der Waals surface area contributed by atoms with Gasteiger partial charge in [-0.1, -0.05) is 24.3 Å². The van der Waals surface area contributed by atoms with E-state index in [1.165, 1.54) is 0 Å². The molecule has 1 aromatic heterocycles. The summed E-state index contributed by atoms with van der Waals surface area (Å²) in [4.78, 5) is 8.95. The van der Waals surface area contributed by atoms with Crippen LogP contribution in [0.3, 0.4) is 0 Å². The van der Waals surface area contributed by atoms with E-state index in [0.717, 1.165) is 11.1 Å². The molecule has 1 aliphatic rings. The Bertz CT molecular complexity index is 944. The van der Waals surface area contributed by atoms with Crippen molar-refractivity contribution in [2.24, 2.45) is 0 Å². The predicted molar refractivity (Wildman–Crippen MR) is 95.9 cm³/mol. The van der Waals surface area contributed by atoms with Crippen LogP contribution in [0.5, 0.6) is 11.9 Å². The summed E-state index contributed by atoms with van der Waals surface area (Å²) in [6.45, 7) is -2.86. The van der Waals surface area contributed by atoms with E-state index in [0.29, 0.717) is 25.9 Å². The van der Waals surface area contributed by atoms with Crippen molar-refractivity contribution in [1.29, 1.82) is 5.26 Å². The molecule has 0 unspecified atom stereocenters. The first-order valence-electron chi connectivity index (χ1n) is 9.09. The van der Waals surface area contributed by atoms with Gasteiger partial charge in [-0.05, 0) is 24.0 Å². The highest BCUT2D eigenvalue weighted by molar-refractivity contribution is 5.60. The minimum absolute atomic E-state index is 0.139. The summed E-state index contributed by atoms with van der Waals surface area (Å²) in [6.07, 6.45) is -8.37. The predicted octanol–water partition coefficient (Wildman–Crippen LogP) is 3.84. The number of nitrogens with zero attached hydrogens (tertiary/aromatic N) is 4. The number of hydrogen-bond acceptors (Lipinski definition) is 6. The highest BCUT2D eigenvalue weighted by Gasteiger charge is 2.32. The Balaban J connectivity index is 1.95. The highest BCUT2D eigenvalue weighted by atomic mass is 19.4. The average Bonchev–Trinajstić information content (AvgIpc) is 2.92. The van der Waals surface area contributed by atoms with Crippen LogP contribution in [0, 0.1) is 11.3 Å². The monoisotopic (exact) mass is 446 g/mol. The highest BCUT2D eigenvalue weighted by Crippen LogP contribution is 2.31. The molecule has 2 aromatic rings. The number of anilines is 1. The Hall–Kier alpha value is -3.23. The molecule has 1 aromatic carbocycles. The van der Waals surface area contributed by atoms with E-state index in [4.69, 9.17) is 0 Å². The van der Waals surface area contributed by atoms with Crippen molar-refractivity contribution >= 4 is 5.82 Å². The lowest BCUT2D eigenvalue weighted by molar-refractivity contribution is -0.155. The van der Waals surface area contributed by atoms with Crippen LogP contribution in [0.2, 0.25) is 0 Å². The Kier molecular flexibility index (Phi) is 6.42. The summed E-state index contributed by atoms with van der Waals surface area (Å²) in [5.41, 5.74) is 1.70. The zero-order valence-electron chi connectivity index (χ0n) is 15.9. The molecule has 1 aliphatic heterocycles. The normalized spacial score (nSPS) is 14.4. The van der Waals surface area contributed by atoms with E-state index in [2.05, 4.69) is 19.4 Å². The number of alkyl halides is 6. The zero-order chi connectivity index (χ0) is 22.6. The molecule has 6 nitrogen and oxygen atoms in total.